The third-order valence-electron chi connectivity index (χ3n) is 1.03. The number of hydrogen-bond acceptors (Lipinski definition) is 2. The smallest absolute Gasteiger partial charge is 0.116 e. The monoisotopic (exact) mass is 157 g/mol. The second-order valence-electron chi connectivity index (χ2n) is 1.89. The van der Waals surface area contributed by atoms with Crippen molar-refractivity contribution in [1.29, 1.82) is 0 Å². The van der Waals surface area contributed by atoms with Crippen LogP contribution in [-0.4, -0.2) is 4.98 Å². The van der Waals surface area contributed by atoms with E-state index in [2.05, 4.69) is 17.6 Å². The predicted octanol–water partition coefficient (Wildman–Crippen LogP) is 2.34. The highest BCUT2D eigenvalue weighted by Crippen LogP contribution is 2.07. The summed E-state index contributed by atoms with van der Waals surface area (Å²) in [4.78, 5) is 3.74. The quantitative estimate of drug-likeness (QED) is 0.436. The molecule has 9 heavy (non-hydrogen) atoms. The van der Waals surface area contributed by atoms with E-state index in [0.29, 0.717) is 4.64 Å². The number of hydrogen-bond donors (Lipinski definition) is 2. The molecule has 0 aliphatic rings. The van der Waals surface area contributed by atoms with Gasteiger partial charge in [-0.05, 0) is 18.6 Å². The molecule has 0 fully saturated rings. The maximum atomic E-state index is 4.88. The number of aromatic amines is 1. The summed E-state index contributed by atoms with van der Waals surface area (Å²) in [6.45, 7) is 1.99. The Morgan fingerprint density at radius 2 is 2.33 bits per heavy atom. The molecule has 0 atom stereocenters. The van der Waals surface area contributed by atoms with Crippen LogP contribution in [0, 0.1) is 11.6 Å². The van der Waals surface area contributed by atoms with Gasteiger partial charge in [0.15, 0.2) is 0 Å². The molecule has 0 bridgehead atoms. The van der Waals surface area contributed by atoms with Gasteiger partial charge in [-0.3, -0.25) is 0 Å². The summed E-state index contributed by atoms with van der Waals surface area (Å²) in [6, 6.07) is 1.93. The van der Waals surface area contributed by atoms with E-state index < -0.39 is 0 Å². The molecule has 0 saturated carbocycles. The second kappa shape index (κ2) is 2.54. The fourth-order valence-corrected chi connectivity index (χ4v) is 0.962. The lowest BCUT2D eigenvalue weighted by atomic mass is 10.3. The molecular weight excluding hydrogens is 150 g/mol. The first-order valence-corrected chi connectivity index (χ1v) is 3.44. The predicted molar refractivity (Wildman–Crippen MR) is 43.6 cm³/mol. The lowest BCUT2D eigenvalue weighted by Crippen LogP contribution is -1.77. The highest BCUT2D eigenvalue weighted by molar-refractivity contribution is 7.81. The Balaban J connectivity index is 3.34. The zero-order chi connectivity index (χ0) is 6.85. The van der Waals surface area contributed by atoms with E-state index in [1.54, 1.807) is 0 Å². The highest BCUT2D eigenvalue weighted by atomic mass is 32.1. The molecule has 0 aliphatic heterocycles. The summed E-state index contributed by atoms with van der Waals surface area (Å²) in [5.74, 6) is 0. The molecule has 0 aromatic carbocycles. The Hall–Kier alpha value is -0.280. The molecule has 0 spiro atoms. The van der Waals surface area contributed by atoms with Crippen LogP contribution in [0.2, 0.25) is 0 Å². The highest BCUT2D eigenvalue weighted by Gasteiger charge is 1.87. The molecular formula is C6H7NS2. The van der Waals surface area contributed by atoms with E-state index >= 15 is 0 Å². The number of aryl methyl sites for hydroxylation is 1. The van der Waals surface area contributed by atoms with Crippen LogP contribution in [0.25, 0.3) is 0 Å². The molecule has 3 heteroatoms. The molecule has 0 saturated heterocycles. The van der Waals surface area contributed by atoms with E-state index in [-0.39, 0.29) is 0 Å². The van der Waals surface area contributed by atoms with Gasteiger partial charge in [-0.1, -0.05) is 12.2 Å². The first kappa shape index (κ1) is 6.83. The molecule has 1 aromatic heterocycles. The fraction of sp³-hybridized carbons (Fsp3) is 0.167. The summed E-state index contributed by atoms with van der Waals surface area (Å²) in [5.41, 5.74) is 1.15. The van der Waals surface area contributed by atoms with Gasteiger partial charge in [0.25, 0.3) is 0 Å². The average molecular weight is 157 g/mol. The first-order valence-electron chi connectivity index (χ1n) is 2.58. The van der Waals surface area contributed by atoms with Crippen LogP contribution in [0.5, 0.6) is 0 Å². The van der Waals surface area contributed by atoms with Crippen molar-refractivity contribution in [3.63, 3.8) is 0 Å². The van der Waals surface area contributed by atoms with Gasteiger partial charge in [0.05, 0.1) is 0 Å². The summed E-state index contributed by atoms with van der Waals surface area (Å²) >= 11 is 9.01. The Labute approximate surface area is 64.5 Å². The number of thiol groups is 1. The van der Waals surface area contributed by atoms with E-state index in [0.717, 1.165) is 10.5 Å². The largest absolute Gasteiger partial charge is 0.352 e. The van der Waals surface area contributed by atoms with Gasteiger partial charge in [-0.15, -0.1) is 12.6 Å². The molecule has 0 amide bonds. The Bertz CT molecular complexity index is 264. The third kappa shape index (κ3) is 1.56. The summed E-state index contributed by atoms with van der Waals surface area (Å²) in [7, 11) is 0. The molecule has 0 aliphatic carbocycles. The zero-order valence-corrected chi connectivity index (χ0v) is 6.72. The van der Waals surface area contributed by atoms with E-state index in [4.69, 9.17) is 12.2 Å². The van der Waals surface area contributed by atoms with Crippen LogP contribution in [0.15, 0.2) is 17.2 Å². The van der Waals surface area contributed by atoms with Crippen molar-refractivity contribution >= 4 is 24.8 Å². The van der Waals surface area contributed by atoms with Crippen LogP contribution in [0.3, 0.4) is 0 Å². The van der Waals surface area contributed by atoms with Gasteiger partial charge in [0.1, 0.15) is 4.64 Å². The number of aromatic nitrogens is 1. The van der Waals surface area contributed by atoms with E-state index in [1.165, 1.54) is 0 Å². The molecule has 1 aromatic rings. The molecule has 0 radical (unpaired) electrons. The molecule has 0 unspecified atom stereocenters. The van der Waals surface area contributed by atoms with Crippen LogP contribution in [-0.2, 0) is 0 Å². The van der Waals surface area contributed by atoms with Crippen molar-refractivity contribution in [3.05, 3.63) is 22.5 Å². The standard InChI is InChI=1S/C6H7NS2/c1-4-2-5(8)6(9)7-3-4/h2-3,8H,1H3,(H,7,9). The second-order valence-corrected chi connectivity index (χ2v) is 2.78. The number of pyridine rings is 1. The summed E-state index contributed by atoms with van der Waals surface area (Å²) < 4.78 is 0.698. The van der Waals surface area contributed by atoms with Gasteiger partial charge in [0, 0.05) is 11.1 Å². The number of H-pyrrole nitrogens is 1. The molecule has 1 rings (SSSR count). The molecule has 1 N–H and O–H groups in total. The minimum Gasteiger partial charge on any atom is -0.352 e. The minimum atomic E-state index is 0.698. The van der Waals surface area contributed by atoms with E-state index in [1.807, 2.05) is 19.2 Å². The fourth-order valence-electron chi connectivity index (χ4n) is 0.576. The Kier molecular flexibility index (Phi) is 1.93. The normalized spacial score (nSPS) is 9.56. The van der Waals surface area contributed by atoms with Gasteiger partial charge in [-0.2, -0.15) is 0 Å². The van der Waals surface area contributed by atoms with Crippen molar-refractivity contribution in [1.82, 2.24) is 4.98 Å². The minimum absolute atomic E-state index is 0.698. The number of nitrogens with one attached hydrogen (secondary N) is 1. The lowest BCUT2D eigenvalue weighted by molar-refractivity contribution is 1.17. The molecule has 48 valence electrons. The van der Waals surface area contributed by atoms with E-state index in [9.17, 15) is 0 Å². The molecule has 1 heterocycles. The first-order chi connectivity index (χ1) is 4.20. The number of rotatable bonds is 0. The van der Waals surface area contributed by atoms with Crippen LogP contribution in [0.1, 0.15) is 5.56 Å². The average Bonchev–Trinajstić information content (AvgIpc) is 1.80. The third-order valence-corrected chi connectivity index (χ3v) is 1.87. The van der Waals surface area contributed by atoms with Crippen LogP contribution >= 0.6 is 24.8 Å². The van der Waals surface area contributed by atoms with Crippen LogP contribution < -0.4 is 0 Å². The van der Waals surface area contributed by atoms with Gasteiger partial charge in [-0.25, -0.2) is 0 Å². The van der Waals surface area contributed by atoms with Crippen molar-refractivity contribution in [2.45, 2.75) is 11.8 Å². The van der Waals surface area contributed by atoms with Crippen LogP contribution in [0.4, 0.5) is 0 Å². The van der Waals surface area contributed by atoms with Crippen molar-refractivity contribution in [2.24, 2.45) is 0 Å². The lowest BCUT2D eigenvalue weighted by Gasteiger charge is -1.92. The van der Waals surface area contributed by atoms with Gasteiger partial charge < -0.3 is 4.98 Å². The summed E-state index contributed by atoms with van der Waals surface area (Å²) in [6.07, 6.45) is 1.86. The maximum absolute atomic E-state index is 4.88. The molecule has 1 nitrogen and oxygen atoms in total. The van der Waals surface area contributed by atoms with Crippen molar-refractivity contribution in [3.8, 4) is 0 Å². The summed E-state index contributed by atoms with van der Waals surface area (Å²) in [5, 5.41) is 0. The Morgan fingerprint density at radius 3 is 2.78 bits per heavy atom. The van der Waals surface area contributed by atoms with Gasteiger partial charge >= 0.3 is 0 Å². The Morgan fingerprint density at radius 1 is 1.67 bits per heavy atom. The van der Waals surface area contributed by atoms with Crippen molar-refractivity contribution < 1.29 is 0 Å². The van der Waals surface area contributed by atoms with Gasteiger partial charge in [0.2, 0.25) is 0 Å². The zero-order valence-electron chi connectivity index (χ0n) is 5.01. The maximum Gasteiger partial charge on any atom is 0.116 e. The van der Waals surface area contributed by atoms with Crippen molar-refractivity contribution in [2.75, 3.05) is 0 Å². The SMILES string of the molecule is Cc1c[nH]c(=S)c(S)c1. The topological polar surface area (TPSA) is 15.8 Å².